The fourth-order valence-corrected chi connectivity index (χ4v) is 3.42. The van der Waals surface area contributed by atoms with E-state index in [-0.39, 0.29) is 0 Å². The van der Waals surface area contributed by atoms with Crippen LogP contribution in [0, 0.1) is 6.92 Å². The predicted octanol–water partition coefficient (Wildman–Crippen LogP) is 2.48. The molecule has 1 aromatic rings. The molecule has 0 bridgehead atoms. The molecule has 0 aliphatic carbocycles. The highest BCUT2D eigenvalue weighted by Crippen LogP contribution is 2.27. The first-order valence-electron chi connectivity index (χ1n) is 7.33. The summed E-state index contributed by atoms with van der Waals surface area (Å²) in [6.07, 6.45) is 4.92. The summed E-state index contributed by atoms with van der Waals surface area (Å²) in [4.78, 5) is 16.2. The van der Waals surface area contributed by atoms with Gasteiger partial charge in [-0.2, -0.15) is 0 Å². The summed E-state index contributed by atoms with van der Waals surface area (Å²) < 4.78 is 0. The average Bonchev–Trinajstić information content (AvgIpc) is 3.09. The molecule has 3 heteroatoms. The summed E-state index contributed by atoms with van der Waals surface area (Å²) in [6.45, 7) is 6.70. The lowest BCUT2D eigenvalue weighted by molar-refractivity contribution is 0.112. The Morgan fingerprint density at radius 1 is 1.21 bits per heavy atom. The van der Waals surface area contributed by atoms with Crippen molar-refractivity contribution >= 4 is 12.0 Å². The minimum atomic E-state index is 0.684. The van der Waals surface area contributed by atoms with Gasteiger partial charge in [-0.3, -0.25) is 9.69 Å². The van der Waals surface area contributed by atoms with Crippen molar-refractivity contribution in [3.8, 4) is 0 Å². The normalized spacial score (nSPS) is 24.1. The Morgan fingerprint density at radius 2 is 2.00 bits per heavy atom. The van der Waals surface area contributed by atoms with Crippen LogP contribution in [0.25, 0.3) is 0 Å². The Kier molecular flexibility index (Phi) is 3.56. The molecule has 19 heavy (non-hydrogen) atoms. The first-order chi connectivity index (χ1) is 9.28. The number of rotatable bonds is 3. The van der Waals surface area contributed by atoms with E-state index in [1.165, 1.54) is 32.4 Å². The maximum absolute atomic E-state index is 11.2. The van der Waals surface area contributed by atoms with Gasteiger partial charge in [0.25, 0.3) is 0 Å². The standard InChI is InChI=1S/C16H22N2O/c1-13-4-5-16(14(10-13)12-19)18-9-6-15(11-18)17-7-2-3-8-17/h4-5,10,12,15H,2-3,6-9,11H2,1H3. The lowest BCUT2D eigenvalue weighted by Crippen LogP contribution is -2.35. The summed E-state index contributed by atoms with van der Waals surface area (Å²) in [5.41, 5.74) is 3.10. The lowest BCUT2D eigenvalue weighted by Gasteiger charge is -2.25. The third kappa shape index (κ3) is 2.52. The molecule has 0 saturated carbocycles. The first-order valence-corrected chi connectivity index (χ1v) is 7.33. The van der Waals surface area contributed by atoms with Gasteiger partial charge in [0.15, 0.2) is 6.29 Å². The highest BCUT2D eigenvalue weighted by Gasteiger charge is 2.29. The Bertz CT molecular complexity index is 466. The van der Waals surface area contributed by atoms with Crippen LogP contribution in [0.2, 0.25) is 0 Å². The van der Waals surface area contributed by atoms with Gasteiger partial charge < -0.3 is 4.90 Å². The van der Waals surface area contributed by atoms with E-state index >= 15 is 0 Å². The molecule has 3 nitrogen and oxygen atoms in total. The van der Waals surface area contributed by atoms with Crippen molar-refractivity contribution in [2.75, 3.05) is 31.1 Å². The average molecular weight is 258 g/mol. The predicted molar refractivity (Wildman–Crippen MR) is 78.0 cm³/mol. The van der Waals surface area contributed by atoms with Gasteiger partial charge in [0.2, 0.25) is 0 Å². The van der Waals surface area contributed by atoms with E-state index in [0.29, 0.717) is 6.04 Å². The van der Waals surface area contributed by atoms with E-state index in [0.717, 1.165) is 36.2 Å². The van der Waals surface area contributed by atoms with Crippen molar-refractivity contribution in [3.63, 3.8) is 0 Å². The molecule has 0 aromatic heterocycles. The molecular formula is C16H22N2O. The van der Waals surface area contributed by atoms with Gasteiger partial charge in [0.1, 0.15) is 0 Å². The summed E-state index contributed by atoms with van der Waals surface area (Å²) in [5, 5.41) is 0. The van der Waals surface area contributed by atoms with Crippen LogP contribution in [-0.2, 0) is 0 Å². The molecule has 1 atom stereocenters. The van der Waals surface area contributed by atoms with Crippen molar-refractivity contribution in [1.29, 1.82) is 0 Å². The quantitative estimate of drug-likeness (QED) is 0.778. The van der Waals surface area contributed by atoms with Crippen LogP contribution in [0.4, 0.5) is 5.69 Å². The second-order valence-electron chi connectivity index (χ2n) is 5.81. The number of carbonyl (C=O) groups excluding carboxylic acids is 1. The van der Waals surface area contributed by atoms with E-state index in [1.54, 1.807) is 0 Å². The van der Waals surface area contributed by atoms with Crippen LogP contribution in [-0.4, -0.2) is 43.4 Å². The Hall–Kier alpha value is -1.35. The highest BCUT2D eigenvalue weighted by atomic mass is 16.1. The van der Waals surface area contributed by atoms with E-state index in [2.05, 4.69) is 21.9 Å². The van der Waals surface area contributed by atoms with Gasteiger partial charge in [0.05, 0.1) is 0 Å². The van der Waals surface area contributed by atoms with Gasteiger partial charge in [-0.25, -0.2) is 0 Å². The lowest BCUT2D eigenvalue weighted by atomic mass is 10.1. The molecule has 3 rings (SSSR count). The molecule has 1 aromatic carbocycles. The van der Waals surface area contributed by atoms with Crippen LogP contribution in [0.3, 0.4) is 0 Å². The molecule has 2 fully saturated rings. The highest BCUT2D eigenvalue weighted by molar-refractivity contribution is 5.85. The van der Waals surface area contributed by atoms with E-state index in [1.807, 2.05) is 13.0 Å². The first kappa shape index (κ1) is 12.7. The smallest absolute Gasteiger partial charge is 0.152 e. The maximum Gasteiger partial charge on any atom is 0.152 e. The van der Waals surface area contributed by atoms with Crippen molar-refractivity contribution < 1.29 is 4.79 Å². The zero-order valence-corrected chi connectivity index (χ0v) is 11.6. The van der Waals surface area contributed by atoms with Crippen LogP contribution in [0.1, 0.15) is 35.2 Å². The van der Waals surface area contributed by atoms with Gasteiger partial charge in [-0.05, 0) is 51.4 Å². The number of hydrogen-bond donors (Lipinski definition) is 0. The molecule has 2 aliphatic heterocycles. The fraction of sp³-hybridized carbons (Fsp3) is 0.562. The van der Waals surface area contributed by atoms with Gasteiger partial charge in [0, 0.05) is 30.4 Å². The number of aldehydes is 1. The van der Waals surface area contributed by atoms with Gasteiger partial charge in [-0.1, -0.05) is 11.6 Å². The van der Waals surface area contributed by atoms with Crippen molar-refractivity contribution in [2.45, 2.75) is 32.2 Å². The number of hydrogen-bond acceptors (Lipinski definition) is 3. The second kappa shape index (κ2) is 5.33. The van der Waals surface area contributed by atoms with Crippen LogP contribution >= 0.6 is 0 Å². The molecular weight excluding hydrogens is 236 g/mol. The zero-order valence-electron chi connectivity index (χ0n) is 11.6. The van der Waals surface area contributed by atoms with Crippen molar-refractivity contribution in [2.24, 2.45) is 0 Å². The van der Waals surface area contributed by atoms with E-state index in [4.69, 9.17) is 0 Å². The second-order valence-corrected chi connectivity index (χ2v) is 5.81. The van der Waals surface area contributed by atoms with Crippen LogP contribution in [0.15, 0.2) is 18.2 Å². The van der Waals surface area contributed by atoms with Gasteiger partial charge >= 0.3 is 0 Å². The molecule has 1 unspecified atom stereocenters. The minimum absolute atomic E-state index is 0.684. The monoisotopic (exact) mass is 258 g/mol. The molecule has 2 saturated heterocycles. The molecule has 0 N–H and O–H groups in total. The van der Waals surface area contributed by atoms with E-state index < -0.39 is 0 Å². The summed E-state index contributed by atoms with van der Waals surface area (Å²) in [5.74, 6) is 0. The van der Waals surface area contributed by atoms with E-state index in [9.17, 15) is 4.79 Å². The fourth-order valence-electron chi connectivity index (χ4n) is 3.42. The third-order valence-electron chi connectivity index (χ3n) is 4.47. The van der Waals surface area contributed by atoms with Crippen molar-refractivity contribution in [1.82, 2.24) is 4.90 Å². The molecule has 0 spiro atoms. The topological polar surface area (TPSA) is 23.6 Å². The molecule has 0 amide bonds. The zero-order chi connectivity index (χ0) is 13.2. The summed E-state index contributed by atoms with van der Waals surface area (Å²) >= 11 is 0. The number of nitrogens with zero attached hydrogens (tertiary/aromatic N) is 2. The van der Waals surface area contributed by atoms with Crippen molar-refractivity contribution in [3.05, 3.63) is 29.3 Å². The van der Waals surface area contributed by atoms with Crippen LogP contribution < -0.4 is 4.90 Å². The Morgan fingerprint density at radius 3 is 2.74 bits per heavy atom. The van der Waals surface area contributed by atoms with Crippen LogP contribution in [0.5, 0.6) is 0 Å². The number of aryl methyl sites for hydroxylation is 1. The molecule has 102 valence electrons. The summed E-state index contributed by atoms with van der Waals surface area (Å²) in [6, 6.07) is 6.88. The molecule has 2 aliphatic rings. The number of anilines is 1. The van der Waals surface area contributed by atoms with Gasteiger partial charge in [-0.15, -0.1) is 0 Å². The minimum Gasteiger partial charge on any atom is -0.369 e. The number of likely N-dealkylation sites (tertiary alicyclic amines) is 1. The Balaban J connectivity index is 1.75. The molecule has 0 radical (unpaired) electrons. The SMILES string of the molecule is Cc1ccc(N2CCC(N3CCCC3)C2)c(C=O)c1. The number of carbonyl (C=O) groups is 1. The number of benzene rings is 1. The maximum atomic E-state index is 11.2. The largest absolute Gasteiger partial charge is 0.369 e. The Labute approximate surface area is 115 Å². The summed E-state index contributed by atoms with van der Waals surface area (Å²) in [7, 11) is 0. The third-order valence-corrected chi connectivity index (χ3v) is 4.47. The molecule has 2 heterocycles.